The standard InChI is InChI=1S/C18H30N2/c1-18(2,3)16-5-4-12-20(14-11-16)13-10-15-6-8-17(19)9-7-15/h6-9,16H,4-5,10-14,19H2,1-3H3. The highest BCUT2D eigenvalue weighted by Gasteiger charge is 2.26. The fraction of sp³-hybridized carbons (Fsp3) is 0.667. The molecule has 1 unspecified atom stereocenters. The molecule has 2 nitrogen and oxygen atoms in total. The summed E-state index contributed by atoms with van der Waals surface area (Å²) in [6.07, 6.45) is 5.23. The topological polar surface area (TPSA) is 29.3 Å². The summed E-state index contributed by atoms with van der Waals surface area (Å²) < 4.78 is 0. The molecule has 2 N–H and O–H groups in total. The minimum atomic E-state index is 0.465. The van der Waals surface area contributed by atoms with Crippen LogP contribution in [0.3, 0.4) is 0 Å². The number of nitrogen functional groups attached to an aromatic ring is 1. The van der Waals surface area contributed by atoms with Gasteiger partial charge in [-0.25, -0.2) is 0 Å². The molecule has 112 valence electrons. The summed E-state index contributed by atoms with van der Waals surface area (Å²) in [7, 11) is 0. The van der Waals surface area contributed by atoms with Crippen molar-refractivity contribution >= 4 is 5.69 Å². The van der Waals surface area contributed by atoms with Crippen LogP contribution in [0.15, 0.2) is 24.3 Å². The van der Waals surface area contributed by atoms with Gasteiger partial charge in [0.2, 0.25) is 0 Å². The first-order chi connectivity index (χ1) is 9.45. The third-order valence-electron chi connectivity index (χ3n) is 4.74. The molecule has 0 aromatic heterocycles. The zero-order chi connectivity index (χ0) is 14.6. The van der Waals surface area contributed by atoms with E-state index in [1.807, 2.05) is 12.1 Å². The van der Waals surface area contributed by atoms with Gasteiger partial charge in [0.05, 0.1) is 0 Å². The predicted octanol–water partition coefficient (Wildman–Crippen LogP) is 3.96. The van der Waals surface area contributed by atoms with Crippen molar-refractivity contribution in [2.24, 2.45) is 11.3 Å². The Morgan fingerprint density at radius 2 is 1.80 bits per heavy atom. The zero-order valence-corrected chi connectivity index (χ0v) is 13.4. The number of rotatable bonds is 3. The first kappa shape index (κ1) is 15.4. The molecule has 0 saturated carbocycles. The number of nitrogens with zero attached hydrogens (tertiary/aromatic N) is 1. The quantitative estimate of drug-likeness (QED) is 0.845. The van der Waals surface area contributed by atoms with Crippen molar-refractivity contribution in [3.05, 3.63) is 29.8 Å². The largest absolute Gasteiger partial charge is 0.399 e. The summed E-state index contributed by atoms with van der Waals surface area (Å²) >= 11 is 0. The second-order valence-corrected chi connectivity index (χ2v) is 7.33. The molecule has 1 atom stereocenters. The van der Waals surface area contributed by atoms with Crippen LogP contribution in [0.2, 0.25) is 0 Å². The molecule has 2 heteroatoms. The molecule has 1 aliphatic heterocycles. The van der Waals surface area contributed by atoms with E-state index in [1.54, 1.807) is 0 Å². The van der Waals surface area contributed by atoms with Gasteiger partial charge in [0, 0.05) is 12.2 Å². The third-order valence-corrected chi connectivity index (χ3v) is 4.74. The fourth-order valence-corrected chi connectivity index (χ4v) is 3.22. The maximum atomic E-state index is 5.73. The minimum absolute atomic E-state index is 0.465. The first-order valence-corrected chi connectivity index (χ1v) is 8.02. The molecule has 2 rings (SSSR count). The Bertz CT molecular complexity index is 402. The number of hydrogen-bond donors (Lipinski definition) is 1. The van der Waals surface area contributed by atoms with Gasteiger partial charge in [0.15, 0.2) is 0 Å². The SMILES string of the molecule is CC(C)(C)C1CCCN(CCc2ccc(N)cc2)CC1. The van der Waals surface area contributed by atoms with Gasteiger partial charge in [-0.15, -0.1) is 0 Å². The number of likely N-dealkylation sites (tertiary alicyclic amines) is 1. The Morgan fingerprint density at radius 3 is 2.45 bits per heavy atom. The molecule has 1 heterocycles. The van der Waals surface area contributed by atoms with Gasteiger partial charge in [-0.1, -0.05) is 32.9 Å². The smallest absolute Gasteiger partial charge is 0.0314 e. The van der Waals surface area contributed by atoms with Crippen molar-refractivity contribution in [2.45, 2.75) is 46.5 Å². The summed E-state index contributed by atoms with van der Waals surface area (Å²) in [5.74, 6) is 0.879. The van der Waals surface area contributed by atoms with Crippen molar-refractivity contribution < 1.29 is 0 Å². The molecule has 1 saturated heterocycles. The number of benzene rings is 1. The molecule has 0 spiro atoms. The van der Waals surface area contributed by atoms with Crippen molar-refractivity contribution in [1.29, 1.82) is 0 Å². The van der Waals surface area contributed by atoms with Crippen LogP contribution in [0.4, 0.5) is 5.69 Å². The fourth-order valence-electron chi connectivity index (χ4n) is 3.22. The molecule has 0 radical (unpaired) electrons. The van der Waals surface area contributed by atoms with E-state index in [4.69, 9.17) is 5.73 Å². The number of hydrogen-bond acceptors (Lipinski definition) is 2. The lowest BCUT2D eigenvalue weighted by Crippen LogP contribution is -2.28. The molecule has 1 aromatic rings. The van der Waals surface area contributed by atoms with Crippen molar-refractivity contribution in [2.75, 3.05) is 25.4 Å². The first-order valence-electron chi connectivity index (χ1n) is 8.02. The van der Waals surface area contributed by atoms with Crippen LogP contribution in [0, 0.1) is 11.3 Å². The van der Waals surface area contributed by atoms with Crippen LogP contribution >= 0.6 is 0 Å². The summed E-state index contributed by atoms with van der Waals surface area (Å²) in [5, 5.41) is 0. The molecule has 0 bridgehead atoms. The molecular weight excluding hydrogens is 244 g/mol. The Labute approximate surface area is 124 Å². The van der Waals surface area contributed by atoms with Crippen molar-refractivity contribution in [1.82, 2.24) is 4.90 Å². The highest BCUT2D eigenvalue weighted by Crippen LogP contribution is 2.34. The zero-order valence-electron chi connectivity index (χ0n) is 13.4. The lowest BCUT2D eigenvalue weighted by Gasteiger charge is -2.29. The van der Waals surface area contributed by atoms with Crippen molar-refractivity contribution in [3.63, 3.8) is 0 Å². The maximum Gasteiger partial charge on any atom is 0.0314 e. The predicted molar refractivity (Wildman–Crippen MR) is 87.8 cm³/mol. The highest BCUT2D eigenvalue weighted by molar-refractivity contribution is 5.39. The van der Waals surface area contributed by atoms with Crippen LogP contribution in [-0.4, -0.2) is 24.5 Å². The average Bonchev–Trinajstić information content (AvgIpc) is 2.63. The van der Waals surface area contributed by atoms with Gasteiger partial charge in [-0.2, -0.15) is 0 Å². The Kier molecular flexibility index (Phi) is 5.09. The number of anilines is 1. The number of nitrogens with two attached hydrogens (primary N) is 1. The third kappa shape index (κ3) is 4.52. The molecule has 1 aliphatic rings. The highest BCUT2D eigenvalue weighted by atomic mass is 15.1. The van der Waals surface area contributed by atoms with E-state index in [1.165, 1.54) is 44.5 Å². The molecule has 0 amide bonds. The van der Waals surface area contributed by atoms with E-state index in [9.17, 15) is 0 Å². The van der Waals surface area contributed by atoms with Crippen LogP contribution in [0.25, 0.3) is 0 Å². The summed E-state index contributed by atoms with van der Waals surface area (Å²) in [5.41, 5.74) is 8.45. The minimum Gasteiger partial charge on any atom is -0.399 e. The van der Waals surface area contributed by atoms with Gasteiger partial charge < -0.3 is 10.6 Å². The average molecular weight is 274 g/mol. The normalized spacial score (nSPS) is 21.6. The van der Waals surface area contributed by atoms with Gasteiger partial charge in [-0.3, -0.25) is 0 Å². The molecule has 20 heavy (non-hydrogen) atoms. The van der Waals surface area contributed by atoms with Crippen LogP contribution in [0.5, 0.6) is 0 Å². The lowest BCUT2D eigenvalue weighted by molar-refractivity contribution is 0.208. The van der Waals surface area contributed by atoms with Crippen molar-refractivity contribution in [3.8, 4) is 0 Å². The summed E-state index contributed by atoms with van der Waals surface area (Å²) in [6, 6.07) is 8.33. The Morgan fingerprint density at radius 1 is 1.10 bits per heavy atom. The second kappa shape index (κ2) is 6.62. The van der Waals surface area contributed by atoms with E-state index in [-0.39, 0.29) is 0 Å². The van der Waals surface area contributed by atoms with E-state index >= 15 is 0 Å². The summed E-state index contributed by atoms with van der Waals surface area (Å²) in [4.78, 5) is 2.64. The van der Waals surface area contributed by atoms with Crippen LogP contribution in [-0.2, 0) is 6.42 Å². The molecule has 1 aromatic carbocycles. The summed E-state index contributed by atoms with van der Waals surface area (Å²) in [6.45, 7) is 10.9. The van der Waals surface area contributed by atoms with E-state index in [0.29, 0.717) is 5.41 Å². The second-order valence-electron chi connectivity index (χ2n) is 7.33. The van der Waals surface area contributed by atoms with Gasteiger partial charge in [-0.05, 0) is 67.8 Å². The molecule has 0 aliphatic carbocycles. The molecule has 1 fully saturated rings. The van der Waals surface area contributed by atoms with E-state index < -0.39 is 0 Å². The maximum absolute atomic E-state index is 5.73. The Balaban J connectivity index is 1.81. The van der Waals surface area contributed by atoms with E-state index in [0.717, 1.165) is 18.0 Å². The lowest BCUT2D eigenvalue weighted by atomic mass is 9.77. The van der Waals surface area contributed by atoms with Gasteiger partial charge in [0.25, 0.3) is 0 Å². The molecular formula is C18H30N2. The van der Waals surface area contributed by atoms with E-state index in [2.05, 4.69) is 37.8 Å². The van der Waals surface area contributed by atoms with Crippen LogP contribution < -0.4 is 5.73 Å². The van der Waals surface area contributed by atoms with Gasteiger partial charge >= 0.3 is 0 Å². The van der Waals surface area contributed by atoms with Crippen LogP contribution in [0.1, 0.15) is 45.6 Å². The van der Waals surface area contributed by atoms with Gasteiger partial charge in [0.1, 0.15) is 0 Å². The Hall–Kier alpha value is -1.02. The monoisotopic (exact) mass is 274 g/mol.